The van der Waals surface area contributed by atoms with Crippen LogP contribution in [0, 0.1) is 6.92 Å². The molecule has 0 unspecified atom stereocenters. The summed E-state index contributed by atoms with van der Waals surface area (Å²) in [6, 6.07) is 21.0. The summed E-state index contributed by atoms with van der Waals surface area (Å²) in [6.07, 6.45) is -0.925. The number of hydrogen-bond acceptors (Lipinski definition) is 4. The second kappa shape index (κ2) is 8.39. The summed E-state index contributed by atoms with van der Waals surface area (Å²) >= 11 is 0. The number of carbonyl (C=O) groups is 2. The summed E-state index contributed by atoms with van der Waals surface area (Å²) in [6.45, 7) is 3.50. The van der Waals surface area contributed by atoms with Crippen molar-refractivity contribution in [2.75, 3.05) is 5.32 Å². The van der Waals surface area contributed by atoms with Crippen LogP contribution in [0.15, 0.2) is 72.8 Å². The third kappa shape index (κ3) is 4.76. The molecule has 0 saturated heterocycles. The number of nitrogens with one attached hydrogen (secondary N) is 1. The first kappa shape index (κ1) is 19.2. The fourth-order valence-electron chi connectivity index (χ4n) is 2.62. The lowest BCUT2D eigenvalue weighted by Gasteiger charge is -2.14. The molecule has 5 nitrogen and oxygen atoms in total. The van der Waals surface area contributed by atoms with Gasteiger partial charge in [-0.25, -0.2) is 4.79 Å². The highest BCUT2D eigenvalue weighted by atomic mass is 16.5. The van der Waals surface area contributed by atoms with Gasteiger partial charge in [-0.05, 0) is 61.4 Å². The van der Waals surface area contributed by atoms with E-state index in [9.17, 15) is 14.7 Å². The topological polar surface area (TPSA) is 75.6 Å². The van der Waals surface area contributed by atoms with E-state index < -0.39 is 18.0 Å². The Labute approximate surface area is 163 Å². The van der Waals surface area contributed by atoms with Gasteiger partial charge in [-0.1, -0.05) is 42.0 Å². The van der Waals surface area contributed by atoms with Crippen molar-refractivity contribution in [2.45, 2.75) is 20.0 Å². The molecule has 0 radical (unpaired) electrons. The summed E-state index contributed by atoms with van der Waals surface area (Å²) in [4.78, 5) is 24.5. The van der Waals surface area contributed by atoms with Gasteiger partial charge in [0.1, 0.15) is 5.75 Å². The zero-order valence-electron chi connectivity index (χ0n) is 15.7. The molecule has 2 N–H and O–H groups in total. The number of rotatable bonds is 5. The molecule has 0 aliphatic heterocycles. The van der Waals surface area contributed by atoms with Gasteiger partial charge >= 0.3 is 5.97 Å². The lowest BCUT2D eigenvalue weighted by atomic mass is 10.0. The molecular formula is C23H21NO4. The summed E-state index contributed by atoms with van der Waals surface area (Å²) in [7, 11) is 0. The van der Waals surface area contributed by atoms with Gasteiger partial charge in [0.2, 0.25) is 0 Å². The minimum absolute atomic E-state index is 0.196. The van der Waals surface area contributed by atoms with Crippen molar-refractivity contribution in [1.29, 1.82) is 0 Å². The molecule has 142 valence electrons. The number of amides is 1. The number of phenolic OH excluding ortho intramolecular Hbond substituents is 1. The largest absolute Gasteiger partial charge is 0.508 e. The van der Waals surface area contributed by atoms with Crippen molar-refractivity contribution in [1.82, 2.24) is 0 Å². The molecule has 0 heterocycles. The maximum Gasteiger partial charge on any atom is 0.338 e. The van der Waals surface area contributed by atoms with E-state index in [1.807, 2.05) is 19.1 Å². The molecular weight excluding hydrogens is 354 g/mol. The first-order chi connectivity index (χ1) is 13.4. The van der Waals surface area contributed by atoms with Crippen LogP contribution in [-0.2, 0) is 9.53 Å². The van der Waals surface area contributed by atoms with Gasteiger partial charge in [0.05, 0.1) is 5.56 Å². The van der Waals surface area contributed by atoms with Crippen molar-refractivity contribution in [3.8, 4) is 16.9 Å². The summed E-state index contributed by atoms with van der Waals surface area (Å²) in [5.74, 6) is -0.761. The highest BCUT2D eigenvalue weighted by Crippen LogP contribution is 2.22. The Balaban J connectivity index is 1.61. The van der Waals surface area contributed by atoms with Gasteiger partial charge in [-0.2, -0.15) is 0 Å². The maximum absolute atomic E-state index is 12.3. The molecule has 1 atom stereocenters. The van der Waals surface area contributed by atoms with E-state index in [2.05, 4.69) is 5.32 Å². The second-order valence-electron chi connectivity index (χ2n) is 6.53. The Morgan fingerprint density at radius 3 is 1.96 bits per heavy atom. The van der Waals surface area contributed by atoms with E-state index in [-0.39, 0.29) is 5.75 Å². The van der Waals surface area contributed by atoms with Crippen LogP contribution in [-0.4, -0.2) is 23.1 Å². The predicted molar refractivity (Wildman–Crippen MR) is 108 cm³/mol. The minimum Gasteiger partial charge on any atom is -0.508 e. The Morgan fingerprint density at radius 1 is 0.857 bits per heavy atom. The molecule has 0 aliphatic rings. The molecule has 0 bridgehead atoms. The van der Waals surface area contributed by atoms with Crippen molar-refractivity contribution < 1.29 is 19.4 Å². The highest BCUT2D eigenvalue weighted by molar-refractivity contribution is 5.97. The SMILES string of the molecule is Cc1ccc(NC(=O)[C@@H](C)OC(=O)c2ccc(-c3ccc(O)cc3)cc2)cc1. The second-order valence-corrected chi connectivity index (χ2v) is 6.53. The van der Waals surface area contributed by atoms with E-state index in [0.717, 1.165) is 16.7 Å². The Morgan fingerprint density at radius 2 is 1.39 bits per heavy atom. The number of carbonyl (C=O) groups excluding carboxylic acids is 2. The van der Waals surface area contributed by atoms with Crippen molar-refractivity contribution in [3.05, 3.63) is 83.9 Å². The van der Waals surface area contributed by atoms with Crippen LogP contribution in [0.3, 0.4) is 0 Å². The lowest BCUT2D eigenvalue weighted by molar-refractivity contribution is -0.123. The van der Waals surface area contributed by atoms with Crippen LogP contribution in [0.25, 0.3) is 11.1 Å². The quantitative estimate of drug-likeness (QED) is 0.642. The minimum atomic E-state index is -0.925. The third-order valence-electron chi connectivity index (χ3n) is 4.29. The molecule has 5 heteroatoms. The standard InChI is InChI=1S/C23H21NO4/c1-15-3-11-20(12-4-15)24-22(26)16(2)28-23(27)19-7-5-17(6-8-19)18-9-13-21(25)14-10-18/h3-14,16,25H,1-2H3,(H,24,26)/t16-/m1/s1. The van der Waals surface area contributed by atoms with Gasteiger partial charge in [-0.15, -0.1) is 0 Å². The summed E-state index contributed by atoms with van der Waals surface area (Å²) in [5, 5.41) is 12.1. The zero-order chi connectivity index (χ0) is 20.1. The van der Waals surface area contributed by atoms with E-state index in [1.54, 1.807) is 60.7 Å². The monoisotopic (exact) mass is 375 g/mol. The van der Waals surface area contributed by atoms with Crippen LogP contribution in [0.5, 0.6) is 5.75 Å². The summed E-state index contributed by atoms with van der Waals surface area (Å²) < 4.78 is 5.27. The Hall–Kier alpha value is -3.60. The van der Waals surface area contributed by atoms with E-state index >= 15 is 0 Å². The molecule has 28 heavy (non-hydrogen) atoms. The number of hydrogen-bond donors (Lipinski definition) is 2. The number of esters is 1. The molecule has 3 rings (SSSR count). The lowest BCUT2D eigenvalue weighted by Crippen LogP contribution is -2.30. The first-order valence-electron chi connectivity index (χ1n) is 8.90. The van der Waals surface area contributed by atoms with Crippen LogP contribution >= 0.6 is 0 Å². The number of benzene rings is 3. The normalized spacial score (nSPS) is 11.5. The summed E-state index contributed by atoms with van der Waals surface area (Å²) in [5.41, 5.74) is 3.92. The van der Waals surface area contributed by atoms with Crippen LogP contribution in [0.4, 0.5) is 5.69 Å². The highest BCUT2D eigenvalue weighted by Gasteiger charge is 2.19. The Bertz CT molecular complexity index is 961. The number of aromatic hydroxyl groups is 1. The van der Waals surface area contributed by atoms with E-state index in [0.29, 0.717) is 11.3 Å². The Kier molecular flexibility index (Phi) is 5.75. The molecule has 0 saturated carbocycles. The van der Waals surface area contributed by atoms with Gasteiger partial charge in [0.15, 0.2) is 6.10 Å². The molecule has 1 amide bonds. The smallest absolute Gasteiger partial charge is 0.338 e. The molecule has 0 aromatic heterocycles. The fraction of sp³-hybridized carbons (Fsp3) is 0.130. The third-order valence-corrected chi connectivity index (χ3v) is 4.29. The molecule has 0 spiro atoms. The van der Waals surface area contributed by atoms with E-state index in [1.165, 1.54) is 6.92 Å². The van der Waals surface area contributed by atoms with Crippen LogP contribution < -0.4 is 5.32 Å². The average Bonchev–Trinajstić information content (AvgIpc) is 2.70. The van der Waals surface area contributed by atoms with Gasteiger partial charge in [0.25, 0.3) is 5.91 Å². The van der Waals surface area contributed by atoms with E-state index in [4.69, 9.17) is 4.74 Å². The maximum atomic E-state index is 12.3. The first-order valence-corrected chi connectivity index (χ1v) is 8.90. The van der Waals surface area contributed by atoms with Crippen molar-refractivity contribution in [3.63, 3.8) is 0 Å². The fourth-order valence-corrected chi connectivity index (χ4v) is 2.62. The zero-order valence-corrected chi connectivity index (χ0v) is 15.7. The molecule has 0 aliphatic carbocycles. The van der Waals surface area contributed by atoms with Gasteiger partial charge < -0.3 is 15.2 Å². The molecule has 0 fully saturated rings. The van der Waals surface area contributed by atoms with Crippen molar-refractivity contribution >= 4 is 17.6 Å². The number of ether oxygens (including phenoxy) is 1. The molecule has 3 aromatic carbocycles. The van der Waals surface area contributed by atoms with Crippen LogP contribution in [0.2, 0.25) is 0 Å². The van der Waals surface area contributed by atoms with Crippen LogP contribution in [0.1, 0.15) is 22.8 Å². The van der Waals surface area contributed by atoms with Gasteiger partial charge in [0, 0.05) is 5.69 Å². The van der Waals surface area contributed by atoms with Crippen molar-refractivity contribution in [2.24, 2.45) is 0 Å². The van der Waals surface area contributed by atoms with Gasteiger partial charge in [-0.3, -0.25) is 4.79 Å². The average molecular weight is 375 g/mol. The molecule has 3 aromatic rings. The number of anilines is 1. The number of aryl methyl sites for hydroxylation is 1. The number of phenols is 1. The predicted octanol–water partition coefficient (Wildman–Crippen LogP) is 4.55.